The Kier molecular flexibility index (Phi) is 8.54. The van der Waals surface area contributed by atoms with Gasteiger partial charge in [0, 0.05) is 12.0 Å². The number of hydrogen-bond acceptors (Lipinski definition) is 6. The minimum Gasteiger partial charge on any atom is -0.413 e. The molecule has 174 valence electrons. The lowest BCUT2D eigenvalue weighted by Gasteiger charge is -2.35. The molecule has 0 spiro atoms. The van der Waals surface area contributed by atoms with Gasteiger partial charge >= 0.3 is 33.3 Å². The number of rotatable bonds is 10. The first-order valence-electron chi connectivity index (χ1n) is 9.01. The number of halogens is 5. The van der Waals surface area contributed by atoms with Gasteiger partial charge in [0.25, 0.3) is 0 Å². The van der Waals surface area contributed by atoms with E-state index < -0.39 is 70.0 Å². The maximum atomic E-state index is 13.8. The molecule has 0 aromatic heterocycles. The molecule has 0 aromatic rings. The molecule has 0 amide bonds. The maximum Gasteiger partial charge on any atom is 0.463 e. The average Bonchev–Trinajstić information content (AvgIpc) is 2.59. The largest absolute Gasteiger partial charge is 0.463 e. The zero-order chi connectivity index (χ0) is 23.4. The Morgan fingerprint density at radius 1 is 1.10 bits per heavy atom. The van der Waals surface area contributed by atoms with Crippen LogP contribution in [0.3, 0.4) is 0 Å². The summed E-state index contributed by atoms with van der Waals surface area (Å²) in [6.07, 6.45) is -5.13. The summed E-state index contributed by atoms with van der Waals surface area (Å²) in [7, 11) is -5.94. The fourth-order valence-electron chi connectivity index (χ4n) is 2.91. The molecule has 1 unspecified atom stereocenters. The summed E-state index contributed by atoms with van der Waals surface area (Å²) in [5, 5.41) is -4.84. The molecule has 0 heterocycles. The lowest BCUT2D eigenvalue weighted by molar-refractivity contribution is -0.347. The highest BCUT2D eigenvalue weighted by atomic mass is 32.2. The summed E-state index contributed by atoms with van der Waals surface area (Å²) in [4.78, 5) is 24.4. The monoisotopic (exact) mass is 466 g/mol. The molecule has 0 saturated heterocycles. The molecule has 1 fully saturated rings. The van der Waals surface area contributed by atoms with E-state index in [4.69, 9.17) is 4.55 Å². The van der Waals surface area contributed by atoms with Gasteiger partial charge in [-0.25, -0.2) is 4.79 Å². The van der Waals surface area contributed by atoms with Crippen molar-refractivity contribution in [2.45, 2.75) is 69.1 Å². The van der Waals surface area contributed by atoms with Crippen LogP contribution >= 0.6 is 0 Å². The Labute approximate surface area is 170 Å². The topological polar surface area (TPSA) is 107 Å². The summed E-state index contributed by atoms with van der Waals surface area (Å²) in [5.74, 6) is -8.01. The van der Waals surface area contributed by atoms with Crippen LogP contribution in [0, 0.1) is 5.92 Å². The number of alkyl halides is 5. The van der Waals surface area contributed by atoms with Crippen molar-refractivity contribution in [3.05, 3.63) is 12.2 Å². The number of ether oxygens (including phenoxy) is 2. The van der Waals surface area contributed by atoms with E-state index in [1.54, 1.807) is 0 Å². The van der Waals surface area contributed by atoms with Crippen molar-refractivity contribution >= 4 is 21.9 Å². The van der Waals surface area contributed by atoms with Gasteiger partial charge in [-0.1, -0.05) is 38.7 Å². The quantitative estimate of drug-likeness (QED) is 0.172. The van der Waals surface area contributed by atoms with E-state index in [-0.39, 0.29) is 0 Å². The molecule has 0 bridgehead atoms. The normalized spacial score (nSPS) is 18.5. The fraction of sp³-hybridized carbons (Fsp3) is 0.765. The first-order valence-corrected chi connectivity index (χ1v) is 10.4. The smallest absolute Gasteiger partial charge is 0.413 e. The number of carbonyl (C=O) groups is 2. The predicted molar refractivity (Wildman–Crippen MR) is 93.0 cm³/mol. The molecule has 1 atom stereocenters. The molecule has 1 aliphatic rings. The second-order valence-electron chi connectivity index (χ2n) is 7.13. The second-order valence-corrected chi connectivity index (χ2v) is 8.67. The van der Waals surface area contributed by atoms with Crippen molar-refractivity contribution in [2.24, 2.45) is 5.92 Å². The average molecular weight is 466 g/mol. The van der Waals surface area contributed by atoms with Crippen LogP contribution in [0.15, 0.2) is 12.2 Å². The Bertz CT molecular complexity index is 757. The van der Waals surface area contributed by atoms with Gasteiger partial charge in [0.2, 0.25) is 5.78 Å². The Morgan fingerprint density at radius 2 is 1.63 bits per heavy atom. The first-order chi connectivity index (χ1) is 13.5. The van der Waals surface area contributed by atoms with Crippen LogP contribution in [0.5, 0.6) is 0 Å². The van der Waals surface area contributed by atoms with Crippen LogP contribution in [0.1, 0.15) is 51.9 Å². The van der Waals surface area contributed by atoms with Crippen molar-refractivity contribution in [2.75, 3.05) is 6.61 Å². The van der Waals surface area contributed by atoms with Gasteiger partial charge < -0.3 is 9.47 Å². The van der Waals surface area contributed by atoms with Gasteiger partial charge in [-0.3, -0.25) is 9.35 Å². The lowest BCUT2D eigenvalue weighted by atomic mass is 9.84. The van der Waals surface area contributed by atoms with Gasteiger partial charge in [0.15, 0.2) is 0 Å². The van der Waals surface area contributed by atoms with Gasteiger partial charge in [0.05, 0.1) is 13.0 Å². The van der Waals surface area contributed by atoms with Crippen molar-refractivity contribution in [1.82, 2.24) is 0 Å². The SMILES string of the molecule is C=C(C)C(=O)OC(OCCC(F)(F)S(=O)(=O)O)(C(=O)CC1CCCCC1)C(F)(F)F. The summed E-state index contributed by atoms with van der Waals surface area (Å²) in [6.45, 7) is 2.45. The number of Topliss-reactive ketones (excluding diaryl/α,β-unsaturated/α-hetero) is 1. The van der Waals surface area contributed by atoms with Gasteiger partial charge in [0.1, 0.15) is 0 Å². The molecule has 1 aliphatic carbocycles. The van der Waals surface area contributed by atoms with E-state index in [1.807, 2.05) is 0 Å². The molecule has 0 aromatic carbocycles. The molecule has 0 aliphatic heterocycles. The van der Waals surface area contributed by atoms with E-state index in [9.17, 15) is 40.0 Å². The van der Waals surface area contributed by atoms with Crippen LogP contribution in [-0.4, -0.2) is 48.5 Å². The van der Waals surface area contributed by atoms with Crippen LogP contribution in [0.2, 0.25) is 0 Å². The van der Waals surface area contributed by atoms with Crippen LogP contribution in [0.4, 0.5) is 22.0 Å². The molecular formula is C17H23F5O7S. The molecule has 1 N–H and O–H groups in total. The van der Waals surface area contributed by atoms with E-state index in [0.717, 1.165) is 13.3 Å². The van der Waals surface area contributed by atoms with Crippen molar-refractivity contribution in [3.8, 4) is 0 Å². The zero-order valence-corrected chi connectivity index (χ0v) is 17.0. The van der Waals surface area contributed by atoms with Crippen LogP contribution in [-0.2, 0) is 29.2 Å². The highest BCUT2D eigenvalue weighted by Gasteiger charge is 2.66. The third-order valence-electron chi connectivity index (χ3n) is 4.60. The minimum atomic E-state index is -5.94. The zero-order valence-electron chi connectivity index (χ0n) is 16.1. The highest BCUT2D eigenvalue weighted by molar-refractivity contribution is 7.86. The molecular weight excluding hydrogens is 443 g/mol. The number of ketones is 1. The van der Waals surface area contributed by atoms with Crippen molar-refractivity contribution < 1.29 is 54.0 Å². The maximum absolute atomic E-state index is 13.8. The third kappa shape index (κ3) is 6.45. The number of esters is 1. The van der Waals surface area contributed by atoms with Crippen LogP contribution in [0.25, 0.3) is 0 Å². The molecule has 0 radical (unpaired) electrons. The summed E-state index contributed by atoms with van der Waals surface area (Å²) < 4.78 is 107. The highest BCUT2D eigenvalue weighted by Crippen LogP contribution is 2.40. The van der Waals surface area contributed by atoms with Gasteiger partial charge in [-0.05, 0) is 12.8 Å². The van der Waals surface area contributed by atoms with E-state index in [1.165, 1.54) is 0 Å². The van der Waals surface area contributed by atoms with Gasteiger partial charge in [-0.15, -0.1) is 0 Å². The van der Waals surface area contributed by atoms with Crippen molar-refractivity contribution in [3.63, 3.8) is 0 Å². The van der Waals surface area contributed by atoms with Crippen LogP contribution < -0.4 is 0 Å². The predicted octanol–water partition coefficient (Wildman–Crippen LogP) is 3.79. The number of carbonyl (C=O) groups excluding carboxylic acids is 2. The first kappa shape index (κ1) is 26.4. The Balaban J connectivity index is 3.20. The molecule has 1 rings (SSSR count). The Morgan fingerprint density at radius 3 is 2.07 bits per heavy atom. The summed E-state index contributed by atoms with van der Waals surface area (Å²) in [5.41, 5.74) is -0.513. The van der Waals surface area contributed by atoms with E-state index >= 15 is 0 Å². The number of hydrogen-bond donors (Lipinski definition) is 1. The summed E-state index contributed by atoms with van der Waals surface area (Å²) in [6, 6.07) is 0. The van der Waals surface area contributed by atoms with Crippen molar-refractivity contribution in [1.29, 1.82) is 0 Å². The molecule has 13 heteroatoms. The van der Waals surface area contributed by atoms with E-state index in [0.29, 0.717) is 25.7 Å². The standard InChI is InChI=1S/C17H23F5O7S/c1-11(2)14(24)29-16(17(20,21)22,13(23)10-12-6-4-3-5-7-12)28-9-8-15(18,19)30(25,26)27/h12H,1,3-10H2,2H3,(H,25,26,27). The second kappa shape index (κ2) is 9.69. The minimum absolute atomic E-state index is 0.445. The van der Waals surface area contributed by atoms with E-state index in [2.05, 4.69) is 16.1 Å². The molecule has 30 heavy (non-hydrogen) atoms. The molecule has 7 nitrogen and oxygen atoms in total. The fourth-order valence-corrected chi connectivity index (χ4v) is 3.25. The third-order valence-corrected chi connectivity index (χ3v) is 5.56. The summed E-state index contributed by atoms with van der Waals surface area (Å²) >= 11 is 0. The van der Waals surface area contributed by atoms with Gasteiger partial charge in [-0.2, -0.15) is 30.4 Å². The molecule has 1 saturated carbocycles. The Hall–Kier alpha value is -1.60. The lowest BCUT2D eigenvalue weighted by Crippen LogP contribution is -2.58.